The highest BCUT2D eigenvalue weighted by Crippen LogP contribution is 2.22. The molecule has 1 aromatic rings. The Hall–Kier alpha value is -2.38. The Morgan fingerprint density at radius 2 is 2.04 bits per heavy atom. The summed E-state index contributed by atoms with van der Waals surface area (Å²) in [7, 11) is 0. The summed E-state index contributed by atoms with van der Waals surface area (Å²) >= 11 is 0. The van der Waals surface area contributed by atoms with Crippen molar-refractivity contribution in [1.29, 1.82) is 0 Å². The minimum Gasteiger partial charge on any atom is -0.491 e. The summed E-state index contributed by atoms with van der Waals surface area (Å²) in [6.07, 6.45) is 2.86. The van der Waals surface area contributed by atoms with E-state index in [-0.39, 0.29) is 29.5 Å². The Morgan fingerprint density at radius 3 is 2.62 bits per heavy atom. The molecule has 3 rings (SSSR count). The first kappa shape index (κ1) is 18.4. The van der Waals surface area contributed by atoms with Crippen LogP contribution >= 0.6 is 0 Å². The van der Waals surface area contributed by atoms with Crippen molar-refractivity contribution in [2.24, 2.45) is 5.92 Å². The maximum absolute atomic E-state index is 14.0. The highest BCUT2D eigenvalue weighted by Gasteiger charge is 2.34. The highest BCUT2D eigenvalue weighted by molar-refractivity contribution is 5.93. The zero-order chi connectivity index (χ0) is 18.9. The lowest BCUT2D eigenvalue weighted by molar-refractivity contribution is -0.00784. The fourth-order valence-electron chi connectivity index (χ4n) is 2.51. The molecule has 2 fully saturated rings. The van der Waals surface area contributed by atoms with Crippen molar-refractivity contribution >= 4 is 12.0 Å². The Labute approximate surface area is 151 Å². The lowest BCUT2D eigenvalue weighted by Crippen LogP contribution is -2.53. The van der Waals surface area contributed by atoms with E-state index in [1.807, 2.05) is 20.8 Å². The fraction of sp³-hybridized carbons (Fsp3) is 0.611. The number of nitrogens with zero attached hydrogens (tertiary/aromatic N) is 2. The first-order chi connectivity index (χ1) is 12.2. The number of carbonyl (C=O) groups excluding carboxylic acids is 2. The first-order valence-electron chi connectivity index (χ1n) is 8.78. The van der Waals surface area contributed by atoms with Crippen molar-refractivity contribution in [2.75, 3.05) is 19.7 Å². The number of halogens is 1. The van der Waals surface area contributed by atoms with Crippen molar-refractivity contribution in [1.82, 2.24) is 15.2 Å². The molecule has 0 spiro atoms. The Balaban J connectivity index is 1.44. The third-order valence-electron chi connectivity index (χ3n) is 4.04. The molecule has 2 heterocycles. The van der Waals surface area contributed by atoms with Crippen LogP contribution in [-0.2, 0) is 4.74 Å². The van der Waals surface area contributed by atoms with Crippen LogP contribution in [0.5, 0.6) is 5.75 Å². The molecule has 0 unspecified atom stereocenters. The maximum atomic E-state index is 14.0. The molecular weight excluding hydrogens is 341 g/mol. The zero-order valence-corrected chi connectivity index (χ0v) is 15.3. The second-order valence-electron chi connectivity index (χ2n) is 7.81. The van der Waals surface area contributed by atoms with E-state index in [0.717, 1.165) is 12.8 Å². The molecule has 2 aliphatic rings. The molecule has 0 radical (unpaired) electrons. The van der Waals surface area contributed by atoms with Crippen LogP contribution in [0.4, 0.5) is 9.18 Å². The monoisotopic (exact) mass is 365 g/mol. The van der Waals surface area contributed by atoms with Crippen LogP contribution in [0, 0.1) is 11.7 Å². The predicted molar refractivity (Wildman–Crippen MR) is 91.5 cm³/mol. The molecule has 0 atom stereocenters. The van der Waals surface area contributed by atoms with E-state index in [2.05, 4.69) is 10.3 Å². The fourth-order valence-corrected chi connectivity index (χ4v) is 2.51. The van der Waals surface area contributed by atoms with Gasteiger partial charge < -0.3 is 19.7 Å². The van der Waals surface area contributed by atoms with Gasteiger partial charge in [0.2, 0.25) is 0 Å². The van der Waals surface area contributed by atoms with Gasteiger partial charge in [-0.2, -0.15) is 0 Å². The molecule has 1 aromatic heterocycles. The van der Waals surface area contributed by atoms with Gasteiger partial charge in [-0.1, -0.05) is 0 Å². The largest absolute Gasteiger partial charge is 0.491 e. The van der Waals surface area contributed by atoms with Gasteiger partial charge in [-0.3, -0.25) is 4.79 Å². The van der Waals surface area contributed by atoms with E-state index in [1.54, 1.807) is 4.90 Å². The van der Waals surface area contributed by atoms with Crippen LogP contribution in [0.25, 0.3) is 0 Å². The number of rotatable bonds is 5. The van der Waals surface area contributed by atoms with Crippen LogP contribution in [0.3, 0.4) is 0 Å². The van der Waals surface area contributed by atoms with Crippen LogP contribution < -0.4 is 10.1 Å². The topological polar surface area (TPSA) is 80.8 Å². The number of nitrogens with one attached hydrogen (secondary N) is 1. The molecule has 2 amide bonds. The van der Waals surface area contributed by atoms with E-state index in [9.17, 15) is 14.0 Å². The molecule has 26 heavy (non-hydrogen) atoms. The second-order valence-corrected chi connectivity index (χ2v) is 7.81. The number of amides is 2. The molecular formula is C18H24FN3O4. The molecule has 1 N–H and O–H groups in total. The standard InChI is InChI=1S/C18H24FN3O4/c1-18(2,3)26-17(24)22-8-11(9-22)10-25-13-6-14(19)15(20-7-13)16(23)21-12-4-5-12/h6-7,11-12H,4-5,8-10H2,1-3H3,(H,21,23). The van der Waals surface area contributed by atoms with Gasteiger partial charge in [0, 0.05) is 31.1 Å². The minimum absolute atomic E-state index is 0.145. The number of pyridine rings is 1. The SMILES string of the molecule is CC(C)(C)OC(=O)N1CC(COc2cnc(C(=O)NC3CC3)c(F)c2)C1. The summed E-state index contributed by atoms with van der Waals surface area (Å²) in [5.74, 6) is -0.780. The molecule has 1 saturated carbocycles. The number of hydrogen-bond donors (Lipinski definition) is 1. The van der Waals surface area contributed by atoms with Crippen molar-refractivity contribution in [2.45, 2.75) is 45.3 Å². The van der Waals surface area contributed by atoms with Crippen LogP contribution in [-0.4, -0.2) is 53.2 Å². The normalized spacial score (nSPS) is 17.5. The Bertz CT molecular complexity index is 694. The average Bonchev–Trinajstić information content (AvgIpc) is 3.27. The van der Waals surface area contributed by atoms with Gasteiger partial charge in [0.15, 0.2) is 11.5 Å². The molecule has 8 heteroatoms. The average molecular weight is 365 g/mol. The predicted octanol–water partition coefficient (Wildman–Crippen LogP) is 2.36. The van der Waals surface area contributed by atoms with E-state index in [0.29, 0.717) is 19.7 Å². The van der Waals surface area contributed by atoms with Gasteiger partial charge in [0.25, 0.3) is 5.91 Å². The molecule has 0 bridgehead atoms. The van der Waals surface area contributed by atoms with E-state index >= 15 is 0 Å². The molecule has 1 aliphatic heterocycles. The van der Waals surface area contributed by atoms with E-state index in [4.69, 9.17) is 9.47 Å². The number of carbonyl (C=O) groups is 2. The van der Waals surface area contributed by atoms with Gasteiger partial charge in [0.05, 0.1) is 12.8 Å². The summed E-state index contributed by atoms with van der Waals surface area (Å²) in [5, 5.41) is 2.70. The van der Waals surface area contributed by atoms with Crippen molar-refractivity contribution in [3.05, 3.63) is 23.8 Å². The maximum Gasteiger partial charge on any atom is 0.410 e. The second kappa shape index (κ2) is 7.09. The first-order valence-corrected chi connectivity index (χ1v) is 8.78. The van der Waals surface area contributed by atoms with Gasteiger partial charge in [-0.15, -0.1) is 0 Å². The van der Waals surface area contributed by atoms with Crippen LogP contribution in [0.1, 0.15) is 44.1 Å². The molecule has 142 valence electrons. The lowest BCUT2D eigenvalue weighted by Gasteiger charge is -2.39. The van der Waals surface area contributed by atoms with E-state index < -0.39 is 17.3 Å². The van der Waals surface area contributed by atoms with Crippen LogP contribution in [0.15, 0.2) is 12.3 Å². The molecule has 7 nitrogen and oxygen atoms in total. The van der Waals surface area contributed by atoms with Gasteiger partial charge >= 0.3 is 6.09 Å². The van der Waals surface area contributed by atoms with Gasteiger partial charge in [-0.25, -0.2) is 14.2 Å². The third kappa shape index (κ3) is 4.83. The highest BCUT2D eigenvalue weighted by atomic mass is 19.1. The summed E-state index contributed by atoms with van der Waals surface area (Å²) in [6, 6.07) is 1.31. The summed E-state index contributed by atoms with van der Waals surface area (Å²) in [5.41, 5.74) is -0.737. The van der Waals surface area contributed by atoms with Crippen molar-refractivity contribution < 1.29 is 23.5 Å². The Kier molecular flexibility index (Phi) is 5.02. The molecule has 0 aromatic carbocycles. The minimum atomic E-state index is -0.704. The number of aromatic nitrogens is 1. The number of ether oxygens (including phenoxy) is 2. The molecule has 1 aliphatic carbocycles. The van der Waals surface area contributed by atoms with E-state index in [1.165, 1.54) is 12.3 Å². The van der Waals surface area contributed by atoms with Gasteiger partial charge in [-0.05, 0) is 33.6 Å². The lowest BCUT2D eigenvalue weighted by atomic mass is 10.0. The quantitative estimate of drug-likeness (QED) is 0.866. The smallest absolute Gasteiger partial charge is 0.410 e. The third-order valence-corrected chi connectivity index (χ3v) is 4.04. The number of likely N-dealkylation sites (tertiary alicyclic amines) is 1. The molecule has 1 saturated heterocycles. The van der Waals surface area contributed by atoms with Crippen molar-refractivity contribution in [3.63, 3.8) is 0 Å². The van der Waals surface area contributed by atoms with Gasteiger partial charge in [0.1, 0.15) is 11.4 Å². The van der Waals surface area contributed by atoms with Crippen molar-refractivity contribution in [3.8, 4) is 5.75 Å². The zero-order valence-electron chi connectivity index (χ0n) is 15.3. The summed E-state index contributed by atoms with van der Waals surface area (Å²) in [4.78, 5) is 29.2. The summed E-state index contributed by atoms with van der Waals surface area (Å²) in [6.45, 7) is 6.87. The number of hydrogen-bond acceptors (Lipinski definition) is 5. The Morgan fingerprint density at radius 1 is 1.35 bits per heavy atom. The van der Waals surface area contributed by atoms with Crippen LogP contribution in [0.2, 0.25) is 0 Å². The summed E-state index contributed by atoms with van der Waals surface area (Å²) < 4.78 is 24.9.